The topological polar surface area (TPSA) is 68.3 Å². The SMILES string of the molecule is NNC(=O)c1ccoc1CSCc1ccccc1Cl. The Morgan fingerprint density at radius 3 is 2.84 bits per heavy atom. The van der Waals surface area contributed by atoms with Crippen molar-refractivity contribution in [2.75, 3.05) is 0 Å². The first-order chi connectivity index (χ1) is 9.22. The van der Waals surface area contributed by atoms with Crippen molar-refractivity contribution < 1.29 is 9.21 Å². The molecule has 4 nitrogen and oxygen atoms in total. The average Bonchev–Trinajstić information content (AvgIpc) is 2.88. The van der Waals surface area contributed by atoms with E-state index in [1.165, 1.54) is 6.26 Å². The van der Waals surface area contributed by atoms with Crippen LogP contribution in [0.1, 0.15) is 21.7 Å². The van der Waals surface area contributed by atoms with E-state index in [0.29, 0.717) is 17.1 Å². The first-order valence-corrected chi connectivity index (χ1v) is 7.14. The molecule has 6 heteroatoms. The van der Waals surface area contributed by atoms with E-state index < -0.39 is 0 Å². The number of carbonyl (C=O) groups excluding carboxylic acids is 1. The van der Waals surface area contributed by atoms with Crippen molar-refractivity contribution in [3.8, 4) is 0 Å². The zero-order chi connectivity index (χ0) is 13.7. The minimum Gasteiger partial charge on any atom is -0.468 e. The fourth-order valence-corrected chi connectivity index (χ4v) is 2.87. The van der Waals surface area contributed by atoms with E-state index in [-0.39, 0.29) is 5.91 Å². The minimum atomic E-state index is -0.345. The number of hydrazine groups is 1. The fourth-order valence-electron chi connectivity index (χ4n) is 1.60. The molecule has 0 aliphatic carbocycles. The number of hydrogen-bond donors (Lipinski definition) is 2. The van der Waals surface area contributed by atoms with Crippen LogP contribution < -0.4 is 11.3 Å². The maximum atomic E-state index is 11.5. The number of nitrogens with two attached hydrogens (primary N) is 1. The molecule has 2 rings (SSSR count). The molecule has 0 radical (unpaired) electrons. The van der Waals surface area contributed by atoms with Crippen molar-refractivity contribution in [2.24, 2.45) is 5.84 Å². The van der Waals surface area contributed by atoms with Crippen molar-refractivity contribution in [3.63, 3.8) is 0 Å². The largest absolute Gasteiger partial charge is 0.468 e. The molecule has 1 aromatic heterocycles. The highest BCUT2D eigenvalue weighted by molar-refractivity contribution is 7.97. The number of nitrogen functional groups attached to an aromatic ring is 1. The van der Waals surface area contributed by atoms with Crippen LogP contribution in [0, 0.1) is 0 Å². The Hall–Kier alpha value is -1.43. The van der Waals surface area contributed by atoms with E-state index in [1.54, 1.807) is 17.8 Å². The van der Waals surface area contributed by atoms with E-state index in [4.69, 9.17) is 21.9 Å². The summed E-state index contributed by atoms with van der Waals surface area (Å²) in [5, 5.41) is 0.745. The molecule has 0 aliphatic heterocycles. The number of halogens is 1. The van der Waals surface area contributed by atoms with Crippen LogP contribution in [0.5, 0.6) is 0 Å². The summed E-state index contributed by atoms with van der Waals surface area (Å²) in [5.74, 6) is 6.71. The summed E-state index contributed by atoms with van der Waals surface area (Å²) in [7, 11) is 0. The zero-order valence-corrected chi connectivity index (χ0v) is 11.6. The third-order valence-corrected chi connectivity index (χ3v) is 3.92. The third kappa shape index (κ3) is 3.53. The van der Waals surface area contributed by atoms with Gasteiger partial charge in [0.2, 0.25) is 0 Å². The molecular formula is C13H13ClN2O2S. The van der Waals surface area contributed by atoms with Crippen LogP contribution in [0.3, 0.4) is 0 Å². The summed E-state index contributed by atoms with van der Waals surface area (Å²) in [6, 6.07) is 9.28. The monoisotopic (exact) mass is 296 g/mol. The highest BCUT2D eigenvalue weighted by atomic mass is 35.5. The van der Waals surface area contributed by atoms with E-state index in [0.717, 1.165) is 16.3 Å². The molecule has 0 fully saturated rings. The van der Waals surface area contributed by atoms with Crippen LogP contribution >= 0.6 is 23.4 Å². The van der Waals surface area contributed by atoms with Crippen LogP contribution in [0.4, 0.5) is 0 Å². The number of carbonyl (C=O) groups is 1. The Bertz CT molecular complexity index is 571. The maximum absolute atomic E-state index is 11.5. The summed E-state index contributed by atoms with van der Waals surface area (Å²) in [6.07, 6.45) is 1.48. The number of amides is 1. The average molecular weight is 297 g/mol. The lowest BCUT2D eigenvalue weighted by atomic mass is 10.2. The van der Waals surface area contributed by atoms with Crippen LogP contribution in [-0.4, -0.2) is 5.91 Å². The van der Waals surface area contributed by atoms with Crippen LogP contribution in [0.15, 0.2) is 41.0 Å². The predicted molar refractivity (Wildman–Crippen MR) is 76.8 cm³/mol. The first-order valence-electron chi connectivity index (χ1n) is 5.61. The molecule has 0 spiro atoms. The Labute approximate surface area is 120 Å². The van der Waals surface area contributed by atoms with Gasteiger partial charge in [-0.05, 0) is 17.7 Å². The number of rotatable bonds is 5. The van der Waals surface area contributed by atoms with E-state index in [1.807, 2.05) is 24.3 Å². The van der Waals surface area contributed by atoms with Gasteiger partial charge in [-0.15, -0.1) is 11.8 Å². The van der Waals surface area contributed by atoms with Gasteiger partial charge in [-0.3, -0.25) is 10.2 Å². The van der Waals surface area contributed by atoms with Gasteiger partial charge in [0.25, 0.3) is 5.91 Å². The molecule has 0 saturated carbocycles. The summed E-state index contributed by atoms with van der Waals surface area (Å²) in [5.41, 5.74) is 3.62. The maximum Gasteiger partial charge on any atom is 0.268 e. The zero-order valence-electron chi connectivity index (χ0n) is 10.1. The van der Waals surface area contributed by atoms with Crippen molar-refractivity contribution in [1.82, 2.24) is 5.43 Å². The van der Waals surface area contributed by atoms with Gasteiger partial charge < -0.3 is 4.42 Å². The van der Waals surface area contributed by atoms with Gasteiger partial charge in [-0.25, -0.2) is 5.84 Å². The Balaban J connectivity index is 1.95. The van der Waals surface area contributed by atoms with Crippen LogP contribution in [-0.2, 0) is 11.5 Å². The molecule has 1 aromatic carbocycles. The van der Waals surface area contributed by atoms with Crippen molar-refractivity contribution in [2.45, 2.75) is 11.5 Å². The van der Waals surface area contributed by atoms with Gasteiger partial charge in [-0.2, -0.15) is 0 Å². The molecule has 0 unspecified atom stereocenters. The Morgan fingerprint density at radius 2 is 2.11 bits per heavy atom. The van der Waals surface area contributed by atoms with Gasteiger partial charge in [-0.1, -0.05) is 29.8 Å². The predicted octanol–water partition coefficient (Wildman–Crippen LogP) is 2.97. The standard InChI is InChI=1S/C13H13ClN2O2S/c14-11-4-2-1-3-9(11)7-19-8-12-10(5-6-18-12)13(17)16-15/h1-6H,7-8,15H2,(H,16,17). The third-order valence-electron chi connectivity index (χ3n) is 2.57. The lowest BCUT2D eigenvalue weighted by Gasteiger charge is -2.04. The van der Waals surface area contributed by atoms with E-state index >= 15 is 0 Å². The number of hydrogen-bond acceptors (Lipinski definition) is 4. The molecule has 0 saturated heterocycles. The number of thioether (sulfide) groups is 1. The van der Waals surface area contributed by atoms with Gasteiger partial charge in [0.15, 0.2) is 0 Å². The summed E-state index contributed by atoms with van der Waals surface area (Å²) in [6.45, 7) is 0. The Kier molecular flexibility index (Phi) is 4.90. The highest BCUT2D eigenvalue weighted by Crippen LogP contribution is 2.24. The van der Waals surface area contributed by atoms with E-state index in [9.17, 15) is 4.79 Å². The Morgan fingerprint density at radius 1 is 1.32 bits per heavy atom. The quantitative estimate of drug-likeness (QED) is 0.506. The molecule has 0 bridgehead atoms. The second kappa shape index (κ2) is 6.65. The number of benzene rings is 1. The summed E-state index contributed by atoms with van der Waals surface area (Å²) < 4.78 is 5.29. The summed E-state index contributed by atoms with van der Waals surface area (Å²) >= 11 is 7.69. The minimum absolute atomic E-state index is 0.345. The number of furan rings is 1. The number of nitrogens with one attached hydrogen (secondary N) is 1. The first kappa shape index (κ1) is 14.0. The molecule has 0 aliphatic rings. The summed E-state index contributed by atoms with van der Waals surface area (Å²) in [4.78, 5) is 11.5. The normalized spacial score (nSPS) is 10.4. The van der Waals surface area contributed by atoms with Gasteiger partial charge in [0.05, 0.1) is 17.6 Å². The van der Waals surface area contributed by atoms with Crippen molar-refractivity contribution in [1.29, 1.82) is 0 Å². The van der Waals surface area contributed by atoms with Gasteiger partial charge in [0, 0.05) is 10.8 Å². The van der Waals surface area contributed by atoms with E-state index in [2.05, 4.69) is 5.43 Å². The van der Waals surface area contributed by atoms with Gasteiger partial charge >= 0.3 is 0 Å². The lowest BCUT2D eigenvalue weighted by molar-refractivity contribution is 0.0952. The molecule has 3 N–H and O–H groups in total. The van der Waals surface area contributed by atoms with Crippen molar-refractivity contribution >= 4 is 29.3 Å². The van der Waals surface area contributed by atoms with Gasteiger partial charge in [0.1, 0.15) is 5.76 Å². The highest BCUT2D eigenvalue weighted by Gasteiger charge is 2.13. The second-order valence-electron chi connectivity index (χ2n) is 3.82. The smallest absolute Gasteiger partial charge is 0.268 e. The van der Waals surface area contributed by atoms with Crippen LogP contribution in [0.25, 0.3) is 0 Å². The molecule has 19 heavy (non-hydrogen) atoms. The fraction of sp³-hybridized carbons (Fsp3) is 0.154. The molecule has 2 aromatic rings. The van der Waals surface area contributed by atoms with Crippen molar-refractivity contribution in [3.05, 3.63) is 58.5 Å². The molecule has 0 atom stereocenters. The molecule has 1 heterocycles. The molecular weight excluding hydrogens is 284 g/mol. The van der Waals surface area contributed by atoms with Crippen LogP contribution in [0.2, 0.25) is 5.02 Å². The molecule has 1 amide bonds. The second-order valence-corrected chi connectivity index (χ2v) is 5.21. The lowest BCUT2D eigenvalue weighted by Crippen LogP contribution is -2.30. The molecule has 100 valence electrons.